The van der Waals surface area contributed by atoms with Crippen LogP contribution in [0.25, 0.3) is 0 Å². The number of benzene rings is 1. The smallest absolute Gasteiger partial charge is 0.269 e. The topological polar surface area (TPSA) is 105 Å². The van der Waals surface area contributed by atoms with Gasteiger partial charge in [0.05, 0.1) is 11.5 Å². The molecule has 0 aromatic heterocycles. The van der Waals surface area contributed by atoms with E-state index in [1.807, 2.05) is 4.90 Å². The Morgan fingerprint density at radius 3 is 2.42 bits per heavy atom. The second-order valence-electron chi connectivity index (χ2n) is 6.07. The first-order valence-corrected chi connectivity index (χ1v) is 8.53. The first-order chi connectivity index (χ1) is 12.5. The number of non-ortho nitro benzene ring substituents is 1. The van der Waals surface area contributed by atoms with Crippen LogP contribution < -0.4 is 5.32 Å². The van der Waals surface area contributed by atoms with E-state index < -0.39 is 4.92 Å². The number of rotatable bonds is 8. The molecule has 26 heavy (non-hydrogen) atoms. The van der Waals surface area contributed by atoms with Crippen LogP contribution in [-0.2, 0) is 9.53 Å². The lowest BCUT2D eigenvalue weighted by Gasteiger charge is -2.34. The van der Waals surface area contributed by atoms with Gasteiger partial charge < -0.3 is 15.0 Å². The third kappa shape index (κ3) is 5.78. The molecule has 1 saturated heterocycles. The number of amides is 2. The quantitative estimate of drug-likeness (QED) is 0.409. The van der Waals surface area contributed by atoms with Gasteiger partial charge in [0.15, 0.2) is 0 Å². The summed E-state index contributed by atoms with van der Waals surface area (Å²) < 4.78 is 4.93. The number of carbonyl (C=O) groups is 2. The lowest BCUT2D eigenvalue weighted by Crippen LogP contribution is -2.51. The molecule has 9 heteroatoms. The molecule has 0 unspecified atom stereocenters. The Kier molecular flexibility index (Phi) is 7.49. The Morgan fingerprint density at radius 1 is 1.19 bits per heavy atom. The van der Waals surface area contributed by atoms with Crippen molar-refractivity contribution in [2.24, 2.45) is 0 Å². The summed E-state index contributed by atoms with van der Waals surface area (Å²) in [5, 5.41) is 13.5. The van der Waals surface area contributed by atoms with Crippen molar-refractivity contribution in [3.05, 3.63) is 39.9 Å². The van der Waals surface area contributed by atoms with Gasteiger partial charge in [-0.15, -0.1) is 0 Å². The van der Waals surface area contributed by atoms with Crippen molar-refractivity contribution in [2.75, 3.05) is 53.0 Å². The van der Waals surface area contributed by atoms with Crippen LogP contribution in [0.3, 0.4) is 0 Å². The lowest BCUT2D eigenvalue weighted by molar-refractivity contribution is -0.384. The maximum atomic E-state index is 12.5. The number of piperazine rings is 1. The van der Waals surface area contributed by atoms with Gasteiger partial charge >= 0.3 is 0 Å². The predicted molar refractivity (Wildman–Crippen MR) is 94.9 cm³/mol. The molecular weight excluding hydrogens is 340 g/mol. The van der Waals surface area contributed by atoms with Gasteiger partial charge in [-0.05, 0) is 18.6 Å². The molecule has 9 nitrogen and oxygen atoms in total. The number of nitrogens with one attached hydrogen (secondary N) is 1. The molecule has 0 aliphatic carbocycles. The van der Waals surface area contributed by atoms with E-state index in [-0.39, 0.29) is 17.5 Å². The Bertz CT molecular complexity index is 627. The Balaban J connectivity index is 1.76. The van der Waals surface area contributed by atoms with E-state index in [2.05, 4.69) is 5.32 Å². The van der Waals surface area contributed by atoms with Crippen molar-refractivity contribution in [3.8, 4) is 0 Å². The van der Waals surface area contributed by atoms with Gasteiger partial charge in [0.1, 0.15) is 0 Å². The van der Waals surface area contributed by atoms with E-state index >= 15 is 0 Å². The molecule has 1 N–H and O–H groups in total. The van der Waals surface area contributed by atoms with Crippen molar-refractivity contribution < 1.29 is 19.2 Å². The van der Waals surface area contributed by atoms with E-state index in [1.165, 1.54) is 24.3 Å². The van der Waals surface area contributed by atoms with Gasteiger partial charge in [-0.1, -0.05) is 0 Å². The van der Waals surface area contributed by atoms with Gasteiger partial charge in [0, 0.05) is 64.1 Å². The molecule has 1 heterocycles. The largest absolute Gasteiger partial charge is 0.385 e. The fourth-order valence-corrected chi connectivity index (χ4v) is 2.72. The summed E-state index contributed by atoms with van der Waals surface area (Å²) in [6.07, 6.45) is 0.778. The molecule has 1 aromatic carbocycles. The Morgan fingerprint density at radius 2 is 1.85 bits per heavy atom. The van der Waals surface area contributed by atoms with Gasteiger partial charge in [-0.3, -0.25) is 24.6 Å². The van der Waals surface area contributed by atoms with Crippen LogP contribution in [0.15, 0.2) is 24.3 Å². The second-order valence-corrected chi connectivity index (χ2v) is 6.07. The van der Waals surface area contributed by atoms with E-state index in [1.54, 1.807) is 12.0 Å². The third-order valence-corrected chi connectivity index (χ3v) is 4.20. The van der Waals surface area contributed by atoms with Gasteiger partial charge in [0.2, 0.25) is 5.91 Å². The SMILES string of the molecule is COCCCNC(=O)CN1CCN(C(=O)c2ccc([N+](=O)[O-])cc2)CC1. The molecule has 0 atom stereocenters. The minimum atomic E-state index is -0.493. The summed E-state index contributed by atoms with van der Waals surface area (Å²) in [7, 11) is 1.62. The highest BCUT2D eigenvalue weighted by atomic mass is 16.6. The molecule has 0 radical (unpaired) electrons. The molecule has 1 fully saturated rings. The monoisotopic (exact) mass is 364 g/mol. The minimum absolute atomic E-state index is 0.0313. The van der Waals surface area contributed by atoms with Crippen LogP contribution in [0.1, 0.15) is 16.8 Å². The Hall–Kier alpha value is -2.52. The minimum Gasteiger partial charge on any atom is -0.385 e. The molecule has 1 aromatic rings. The van der Waals surface area contributed by atoms with Crippen molar-refractivity contribution in [1.29, 1.82) is 0 Å². The molecule has 1 aliphatic rings. The normalized spacial score (nSPS) is 14.9. The standard InChI is InChI=1S/C17H24N4O5/c1-26-12-2-7-18-16(22)13-19-8-10-20(11-9-19)17(23)14-3-5-15(6-4-14)21(24)25/h3-6H,2,7-13H2,1H3,(H,18,22). The van der Waals surface area contributed by atoms with Gasteiger partial charge in [0.25, 0.3) is 11.6 Å². The number of hydrogen-bond acceptors (Lipinski definition) is 6. The molecule has 0 bridgehead atoms. The summed E-state index contributed by atoms with van der Waals surface area (Å²) in [6.45, 7) is 3.79. The second kappa shape index (κ2) is 9.83. The van der Waals surface area contributed by atoms with Crippen LogP contribution in [0.5, 0.6) is 0 Å². The number of nitro groups is 1. The number of nitro benzene ring substituents is 1. The van der Waals surface area contributed by atoms with Crippen molar-refractivity contribution in [2.45, 2.75) is 6.42 Å². The first kappa shape index (κ1) is 19.8. The van der Waals surface area contributed by atoms with Crippen molar-refractivity contribution in [3.63, 3.8) is 0 Å². The highest BCUT2D eigenvalue weighted by Gasteiger charge is 2.23. The molecule has 142 valence electrons. The summed E-state index contributed by atoms with van der Waals surface area (Å²) >= 11 is 0. The zero-order valence-corrected chi connectivity index (χ0v) is 14.8. The molecule has 0 spiro atoms. The van der Waals surface area contributed by atoms with E-state index in [0.29, 0.717) is 51.4 Å². The molecular formula is C17H24N4O5. The zero-order chi connectivity index (χ0) is 18.9. The fraction of sp³-hybridized carbons (Fsp3) is 0.529. The van der Waals surface area contributed by atoms with E-state index in [0.717, 1.165) is 6.42 Å². The van der Waals surface area contributed by atoms with Crippen LogP contribution in [0.4, 0.5) is 5.69 Å². The first-order valence-electron chi connectivity index (χ1n) is 8.53. The molecule has 2 amide bonds. The number of hydrogen-bond donors (Lipinski definition) is 1. The van der Waals surface area contributed by atoms with E-state index in [4.69, 9.17) is 4.74 Å². The van der Waals surface area contributed by atoms with Crippen LogP contribution in [0, 0.1) is 10.1 Å². The summed E-state index contributed by atoms with van der Waals surface area (Å²) in [5.74, 6) is -0.181. The number of carbonyl (C=O) groups excluding carboxylic acids is 2. The maximum Gasteiger partial charge on any atom is 0.269 e. The van der Waals surface area contributed by atoms with Gasteiger partial charge in [-0.25, -0.2) is 0 Å². The summed E-state index contributed by atoms with van der Waals surface area (Å²) in [5.41, 5.74) is 0.391. The average Bonchev–Trinajstić information content (AvgIpc) is 2.65. The predicted octanol–water partition coefficient (Wildman–Crippen LogP) is 0.505. The third-order valence-electron chi connectivity index (χ3n) is 4.20. The Labute approximate surface area is 152 Å². The maximum absolute atomic E-state index is 12.5. The van der Waals surface area contributed by atoms with E-state index in [9.17, 15) is 19.7 Å². The van der Waals surface area contributed by atoms with Crippen LogP contribution in [-0.4, -0.2) is 79.5 Å². The van der Waals surface area contributed by atoms with Crippen molar-refractivity contribution >= 4 is 17.5 Å². The molecule has 0 saturated carbocycles. The number of methoxy groups -OCH3 is 1. The number of ether oxygens (including phenoxy) is 1. The fourth-order valence-electron chi connectivity index (χ4n) is 2.72. The van der Waals surface area contributed by atoms with Crippen LogP contribution in [0.2, 0.25) is 0 Å². The number of nitrogens with zero attached hydrogens (tertiary/aromatic N) is 3. The zero-order valence-electron chi connectivity index (χ0n) is 14.8. The highest BCUT2D eigenvalue weighted by molar-refractivity contribution is 5.94. The highest BCUT2D eigenvalue weighted by Crippen LogP contribution is 2.14. The lowest BCUT2D eigenvalue weighted by atomic mass is 10.1. The van der Waals surface area contributed by atoms with Crippen molar-refractivity contribution in [1.82, 2.24) is 15.1 Å². The average molecular weight is 364 g/mol. The van der Waals surface area contributed by atoms with Gasteiger partial charge in [-0.2, -0.15) is 0 Å². The summed E-state index contributed by atoms with van der Waals surface area (Å²) in [4.78, 5) is 38.2. The molecule has 2 rings (SSSR count). The molecule has 1 aliphatic heterocycles. The summed E-state index contributed by atoms with van der Waals surface area (Å²) in [6, 6.07) is 5.61. The van der Waals surface area contributed by atoms with Crippen LogP contribution >= 0.6 is 0 Å².